The molecule has 100 valence electrons. The highest BCUT2D eigenvalue weighted by Crippen LogP contribution is 2.40. The normalized spacial score (nSPS) is 14.1. The van der Waals surface area contributed by atoms with Crippen molar-refractivity contribution >= 4 is 27.7 Å². The molecule has 0 radical (unpaired) electrons. The van der Waals surface area contributed by atoms with Crippen LogP contribution in [0.4, 0.5) is 4.39 Å². The van der Waals surface area contributed by atoms with Gasteiger partial charge in [-0.25, -0.2) is 4.39 Å². The van der Waals surface area contributed by atoms with Crippen LogP contribution in [0.15, 0.2) is 57.9 Å². The van der Waals surface area contributed by atoms with Crippen LogP contribution in [0.5, 0.6) is 0 Å². The van der Waals surface area contributed by atoms with Crippen LogP contribution in [0.1, 0.15) is 17.7 Å². The van der Waals surface area contributed by atoms with Gasteiger partial charge in [-0.2, -0.15) is 0 Å². The summed E-state index contributed by atoms with van der Waals surface area (Å²) in [6.07, 6.45) is 0. The maximum atomic E-state index is 13.2. The van der Waals surface area contributed by atoms with Crippen LogP contribution < -0.4 is 5.73 Å². The average Bonchev–Trinajstić information content (AvgIpc) is 2.37. The molecule has 0 bridgehead atoms. The van der Waals surface area contributed by atoms with Gasteiger partial charge in [0.1, 0.15) is 5.82 Å². The van der Waals surface area contributed by atoms with Crippen LogP contribution in [-0.4, -0.2) is 6.04 Å². The molecule has 0 spiro atoms. The number of nitrogens with two attached hydrogens (primary N) is 1. The first-order valence-corrected chi connectivity index (χ1v) is 7.67. The fourth-order valence-corrected chi connectivity index (χ4v) is 3.71. The van der Waals surface area contributed by atoms with E-state index in [-0.39, 0.29) is 17.1 Å². The van der Waals surface area contributed by atoms with Gasteiger partial charge in [-0.05, 0) is 36.8 Å². The molecule has 0 heterocycles. The zero-order valence-electron chi connectivity index (χ0n) is 10.5. The van der Waals surface area contributed by atoms with E-state index in [4.69, 9.17) is 5.73 Å². The Morgan fingerprint density at radius 1 is 1.16 bits per heavy atom. The van der Waals surface area contributed by atoms with Crippen molar-refractivity contribution in [1.82, 2.24) is 0 Å². The second-order valence-corrected chi connectivity index (χ2v) is 6.45. The Morgan fingerprint density at radius 2 is 1.89 bits per heavy atom. The van der Waals surface area contributed by atoms with Crippen LogP contribution in [0, 0.1) is 5.82 Å². The van der Waals surface area contributed by atoms with E-state index in [0.29, 0.717) is 0 Å². The predicted molar refractivity (Wildman–Crippen MR) is 82.8 cm³/mol. The zero-order valence-corrected chi connectivity index (χ0v) is 12.9. The van der Waals surface area contributed by atoms with Crippen molar-refractivity contribution < 1.29 is 4.39 Å². The first-order chi connectivity index (χ1) is 9.08. The average molecular weight is 340 g/mol. The number of rotatable bonds is 4. The summed E-state index contributed by atoms with van der Waals surface area (Å²) in [6.45, 7) is 1.97. The highest BCUT2D eigenvalue weighted by Gasteiger charge is 2.20. The number of benzene rings is 2. The standard InChI is InChI=1S/C15H15BrFNS/c1-10(18)15(13-7-2-3-8-14(13)16)19-12-6-4-5-11(17)9-12/h2-10,15H,18H2,1H3. The van der Waals surface area contributed by atoms with E-state index in [9.17, 15) is 4.39 Å². The molecule has 0 aliphatic carbocycles. The highest BCUT2D eigenvalue weighted by atomic mass is 79.9. The van der Waals surface area contributed by atoms with Crippen molar-refractivity contribution in [3.63, 3.8) is 0 Å². The molecule has 0 saturated heterocycles. The SMILES string of the molecule is CC(N)C(Sc1cccc(F)c1)c1ccccc1Br. The number of hydrogen-bond donors (Lipinski definition) is 1. The Labute approximate surface area is 125 Å². The second-order valence-electron chi connectivity index (χ2n) is 4.38. The molecule has 19 heavy (non-hydrogen) atoms. The molecule has 2 rings (SSSR count). The molecule has 0 aromatic heterocycles. The first kappa shape index (κ1) is 14.6. The lowest BCUT2D eigenvalue weighted by molar-refractivity contribution is 0.624. The van der Waals surface area contributed by atoms with Gasteiger partial charge in [0, 0.05) is 15.4 Å². The van der Waals surface area contributed by atoms with E-state index >= 15 is 0 Å². The molecule has 0 fully saturated rings. The minimum absolute atomic E-state index is 0.0352. The van der Waals surface area contributed by atoms with Crippen LogP contribution in [0.3, 0.4) is 0 Å². The van der Waals surface area contributed by atoms with E-state index in [1.165, 1.54) is 12.1 Å². The molecule has 0 amide bonds. The van der Waals surface area contributed by atoms with Crippen LogP contribution in [-0.2, 0) is 0 Å². The highest BCUT2D eigenvalue weighted by molar-refractivity contribution is 9.10. The molecule has 2 unspecified atom stereocenters. The van der Waals surface area contributed by atoms with Gasteiger partial charge in [0.15, 0.2) is 0 Å². The third-order valence-electron chi connectivity index (χ3n) is 2.75. The fourth-order valence-electron chi connectivity index (χ4n) is 1.85. The maximum Gasteiger partial charge on any atom is 0.124 e. The fraction of sp³-hybridized carbons (Fsp3) is 0.200. The first-order valence-electron chi connectivity index (χ1n) is 6.00. The van der Waals surface area contributed by atoms with E-state index in [0.717, 1.165) is 14.9 Å². The number of halogens is 2. The summed E-state index contributed by atoms with van der Waals surface area (Å²) >= 11 is 5.13. The molecule has 2 aromatic rings. The van der Waals surface area contributed by atoms with Crippen molar-refractivity contribution in [3.8, 4) is 0 Å². The quantitative estimate of drug-likeness (QED) is 0.812. The van der Waals surface area contributed by atoms with Crippen LogP contribution >= 0.6 is 27.7 Å². The van der Waals surface area contributed by atoms with Gasteiger partial charge in [-0.15, -0.1) is 11.8 Å². The van der Waals surface area contributed by atoms with Gasteiger partial charge in [0.25, 0.3) is 0 Å². The lowest BCUT2D eigenvalue weighted by Crippen LogP contribution is -2.22. The summed E-state index contributed by atoms with van der Waals surface area (Å²) in [5, 5.41) is 0.0809. The summed E-state index contributed by atoms with van der Waals surface area (Å²) in [6, 6.07) is 14.6. The van der Waals surface area contributed by atoms with Crippen molar-refractivity contribution in [3.05, 3.63) is 64.4 Å². The van der Waals surface area contributed by atoms with Gasteiger partial charge in [-0.3, -0.25) is 0 Å². The predicted octanol–water partition coefficient (Wildman–Crippen LogP) is 4.77. The third kappa shape index (κ3) is 3.81. The molecule has 2 aromatic carbocycles. The van der Waals surface area contributed by atoms with Gasteiger partial charge in [0.2, 0.25) is 0 Å². The van der Waals surface area contributed by atoms with Gasteiger partial charge in [-0.1, -0.05) is 40.2 Å². The topological polar surface area (TPSA) is 26.0 Å². The molecular weight excluding hydrogens is 325 g/mol. The maximum absolute atomic E-state index is 13.2. The van der Waals surface area contributed by atoms with E-state index in [1.54, 1.807) is 17.8 Å². The Balaban J connectivity index is 2.29. The van der Waals surface area contributed by atoms with E-state index in [1.807, 2.05) is 37.3 Å². The largest absolute Gasteiger partial charge is 0.327 e. The summed E-state index contributed by atoms with van der Waals surface area (Å²) in [5.41, 5.74) is 7.22. The lowest BCUT2D eigenvalue weighted by Gasteiger charge is -2.22. The summed E-state index contributed by atoms with van der Waals surface area (Å²) in [7, 11) is 0. The Bertz CT molecular complexity index is 559. The Kier molecular flexibility index (Phi) is 5.02. The van der Waals surface area contributed by atoms with E-state index in [2.05, 4.69) is 15.9 Å². The van der Waals surface area contributed by atoms with Crippen LogP contribution in [0.2, 0.25) is 0 Å². The van der Waals surface area contributed by atoms with Crippen LogP contribution in [0.25, 0.3) is 0 Å². The van der Waals surface area contributed by atoms with Crippen molar-refractivity contribution in [2.75, 3.05) is 0 Å². The number of hydrogen-bond acceptors (Lipinski definition) is 2. The summed E-state index contributed by atoms with van der Waals surface area (Å²) < 4.78 is 14.3. The van der Waals surface area contributed by atoms with Crippen molar-refractivity contribution in [2.24, 2.45) is 5.73 Å². The zero-order chi connectivity index (χ0) is 13.8. The van der Waals surface area contributed by atoms with Crippen molar-refractivity contribution in [2.45, 2.75) is 23.1 Å². The molecule has 1 nitrogen and oxygen atoms in total. The molecular formula is C15H15BrFNS. The summed E-state index contributed by atoms with van der Waals surface area (Å²) in [5.74, 6) is -0.222. The Morgan fingerprint density at radius 3 is 2.53 bits per heavy atom. The van der Waals surface area contributed by atoms with Gasteiger partial charge < -0.3 is 5.73 Å². The molecule has 2 N–H and O–H groups in total. The van der Waals surface area contributed by atoms with Gasteiger partial charge in [0.05, 0.1) is 5.25 Å². The Hall–Kier alpha value is -0.840. The molecule has 0 saturated carbocycles. The monoisotopic (exact) mass is 339 g/mol. The molecule has 0 aliphatic rings. The second kappa shape index (κ2) is 6.55. The lowest BCUT2D eigenvalue weighted by atomic mass is 10.1. The third-order valence-corrected chi connectivity index (χ3v) is 4.93. The molecule has 2 atom stereocenters. The minimum Gasteiger partial charge on any atom is -0.327 e. The van der Waals surface area contributed by atoms with Gasteiger partial charge >= 0.3 is 0 Å². The smallest absolute Gasteiger partial charge is 0.124 e. The molecule has 4 heteroatoms. The molecule has 0 aliphatic heterocycles. The summed E-state index contributed by atoms with van der Waals surface area (Å²) in [4.78, 5) is 0.887. The van der Waals surface area contributed by atoms with E-state index < -0.39 is 0 Å². The minimum atomic E-state index is -0.222. The number of thioether (sulfide) groups is 1. The van der Waals surface area contributed by atoms with Crippen molar-refractivity contribution in [1.29, 1.82) is 0 Å².